The SMILES string of the molecule is CC(=O)NC1C(OC2C(CO)OC(OP(=O)([O-])OP(=O)([O-])OC/C=C(/C)CC/C=C(\C)CCC=C(C)C)C(NC(C)=O)C2OC(C)C(C)=O)OC(CO)C(O)C1O. The van der Waals surface area contributed by atoms with Crippen LogP contribution in [0.2, 0.25) is 0 Å². The van der Waals surface area contributed by atoms with Gasteiger partial charge in [0.25, 0.3) is 15.6 Å². The van der Waals surface area contributed by atoms with E-state index in [1.54, 1.807) is 6.92 Å². The number of allylic oxidation sites excluding steroid dienone is 5. The van der Waals surface area contributed by atoms with Crippen molar-refractivity contribution in [3.05, 3.63) is 34.9 Å². The molecule has 2 aliphatic rings. The van der Waals surface area contributed by atoms with Crippen LogP contribution < -0.4 is 20.4 Å². The lowest BCUT2D eigenvalue weighted by molar-refractivity contribution is -0.336. The highest BCUT2D eigenvalue weighted by atomic mass is 31.3. The van der Waals surface area contributed by atoms with Crippen LogP contribution in [0.15, 0.2) is 34.9 Å². The predicted octanol–water partition coefficient (Wildman–Crippen LogP) is 0.306. The zero-order valence-electron chi connectivity index (χ0n) is 33.4. The van der Waals surface area contributed by atoms with Crippen molar-refractivity contribution in [3.63, 3.8) is 0 Å². The average Bonchev–Trinajstić information content (AvgIpc) is 3.08. The molecule has 22 heteroatoms. The quantitative estimate of drug-likeness (QED) is 0.0630. The van der Waals surface area contributed by atoms with Crippen LogP contribution in [0.4, 0.5) is 0 Å². The monoisotopic (exact) mass is 856 g/mol. The van der Waals surface area contributed by atoms with E-state index in [-0.39, 0.29) is 0 Å². The van der Waals surface area contributed by atoms with Crippen LogP contribution in [-0.4, -0.2) is 125 Å². The van der Waals surface area contributed by atoms with Crippen molar-refractivity contribution in [2.24, 2.45) is 0 Å². The lowest BCUT2D eigenvalue weighted by Crippen LogP contribution is -2.70. The number of nitrogens with one attached hydrogen (secondary N) is 2. The Hall–Kier alpha value is -2.23. The maximum absolute atomic E-state index is 13.1. The largest absolute Gasteiger partial charge is 0.756 e. The van der Waals surface area contributed by atoms with E-state index < -0.39 is 120 Å². The van der Waals surface area contributed by atoms with Gasteiger partial charge in [-0.25, -0.2) is 4.31 Å². The first-order chi connectivity index (χ1) is 26.5. The molecule has 0 aromatic heterocycles. The number of carbonyl (C=O) groups excluding carboxylic acids is 3. The van der Waals surface area contributed by atoms with E-state index in [1.807, 2.05) is 20.8 Å². The van der Waals surface area contributed by atoms with Crippen molar-refractivity contribution in [1.82, 2.24) is 10.6 Å². The van der Waals surface area contributed by atoms with E-state index in [4.69, 9.17) is 28.0 Å². The Bertz CT molecular complexity index is 1540. The Balaban J connectivity index is 2.32. The van der Waals surface area contributed by atoms with E-state index in [0.717, 1.165) is 39.2 Å². The summed E-state index contributed by atoms with van der Waals surface area (Å²) in [6.45, 7) is 9.99. The number of phosphoric ester groups is 2. The van der Waals surface area contributed by atoms with Gasteiger partial charge in [-0.05, 0) is 67.2 Å². The van der Waals surface area contributed by atoms with Crippen LogP contribution in [-0.2, 0) is 55.8 Å². The van der Waals surface area contributed by atoms with Crippen molar-refractivity contribution < 1.29 is 86.0 Å². The number of phosphoric acid groups is 2. The number of Topliss-reactive ketones (excluding diaryl/α,β-unsaturated/α-hetero) is 1. The summed E-state index contributed by atoms with van der Waals surface area (Å²) in [6.07, 6.45) is -6.43. The molecule has 2 rings (SSSR count). The van der Waals surface area contributed by atoms with Crippen LogP contribution in [0, 0.1) is 0 Å². The number of amides is 2. The number of ether oxygens (including phenoxy) is 4. The van der Waals surface area contributed by atoms with E-state index in [1.165, 1.54) is 24.1 Å². The van der Waals surface area contributed by atoms with E-state index in [9.17, 15) is 53.7 Å². The number of ketones is 1. The normalized spacial score (nSPS) is 31.1. The van der Waals surface area contributed by atoms with Gasteiger partial charge in [-0.1, -0.05) is 34.9 Å². The third-order valence-electron chi connectivity index (χ3n) is 8.89. The molecule has 57 heavy (non-hydrogen) atoms. The summed E-state index contributed by atoms with van der Waals surface area (Å²) in [5, 5.41) is 46.1. The highest BCUT2D eigenvalue weighted by Crippen LogP contribution is 2.57. The van der Waals surface area contributed by atoms with Crippen molar-refractivity contribution in [1.29, 1.82) is 0 Å². The summed E-state index contributed by atoms with van der Waals surface area (Å²) in [4.78, 5) is 62.5. The minimum atomic E-state index is -5.96. The van der Waals surface area contributed by atoms with Crippen LogP contribution in [0.3, 0.4) is 0 Å². The standard InChI is InChI=1S/C35H60N2O18P2/c1-19(2)11-9-12-20(3)13-10-14-21(4)15-16-49-56(45,46)55-57(47,48)54-35-29(37-25(8)42)33(50-23(6)22(5)40)32(27(18-39)52-35)53-34-28(36-24(7)41)31(44)30(43)26(17-38)51-34/h11,13,15,23,26-35,38-39,43-44H,9-10,12,14,16-18H2,1-8H3,(H,36,41)(H,37,42)(H,45,46)(H,47,48)/p-2/b20-13+,21-15-. The fourth-order valence-corrected chi connectivity index (χ4v) is 7.84. The first-order valence-corrected chi connectivity index (χ1v) is 21.3. The molecule has 2 saturated heterocycles. The van der Waals surface area contributed by atoms with Gasteiger partial charge in [-0.3, -0.25) is 28.0 Å². The first kappa shape index (κ1) is 50.9. The molecule has 20 nitrogen and oxygen atoms in total. The third kappa shape index (κ3) is 17.1. The molecular weight excluding hydrogens is 798 g/mol. The Morgan fingerprint density at radius 1 is 0.754 bits per heavy atom. The zero-order valence-corrected chi connectivity index (χ0v) is 35.2. The second kappa shape index (κ2) is 23.5. The number of hydrogen-bond acceptors (Lipinski definition) is 18. The number of aliphatic hydroxyl groups excluding tert-OH is 4. The lowest BCUT2D eigenvalue weighted by atomic mass is 9.94. The summed E-state index contributed by atoms with van der Waals surface area (Å²) < 4.78 is 62.9. The summed E-state index contributed by atoms with van der Waals surface area (Å²) in [5.41, 5.74) is 3.20. The summed E-state index contributed by atoms with van der Waals surface area (Å²) in [7, 11) is -11.6. The number of carbonyl (C=O) groups is 3. The molecule has 2 aliphatic heterocycles. The van der Waals surface area contributed by atoms with Crippen molar-refractivity contribution >= 4 is 33.2 Å². The van der Waals surface area contributed by atoms with Gasteiger partial charge in [0, 0.05) is 13.8 Å². The van der Waals surface area contributed by atoms with Crippen LogP contribution in [0.25, 0.3) is 0 Å². The second-order valence-electron chi connectivity index (χ2n) is 14.2. The first-order valence-electron chi connectivity index (χ1n) is 18.4. The molecule has 0 bridgehead atoms. The van der Waals surface area contributed by atoms with Gasteiger partial charge in [-0.2, -0.15) is 0 Å². The summed E-state index contributed by atoms with van der Waals surface area (Å²) >= 11 is 0. The van der Waals surface area contributed by atoms with Gasteiger partial charge in [-0.15, -0.1) is 0 Å². The fraction of sp³-hybridized carbons (Fsp3) is 0.743. The van der Waals surface area contributed by atoms with Crippen molar-refractivity contribution in [2.75, 3.05) is 19.8 Å². The van der Waals surface area contributed by atoms with Gasteiger partial charge < -0.3 is 64.3 Å². The zero-order chi connectivity index (χ0) is 43.2. The minimum Gasteiger partial charge on any atom is -0.756 e. The Kier molecular flexibility index (Phi) is 21.0. The average molecular weight is 857 g/mol. The Morgan fingerprint density at radius 2 is 1.30 bits per heavy atom. The molecule has 6 N–H and O–H groups in total. The molecule has 328 valence electrons. The molecule has 0 aliphatic carbocycles. The Labute approximate surface area is 332 Å². The number of aliphatic hydroxyl groups is 4. The molecule has 0 saturated carbocycles. The summed E-state index contributed by atoms with van der Waals surface area (Å²) in [5.74, 6) is -2.09. The highest BCUT2D eigenvalue weighted by molar-refractivity contribution is 7.59. The van der Waals surface area contributed by atoms with Crippen LogP contribution in [0.5, 0.6) is 0 Å². The van der Waals surface area contributed by atoms with E-state index in [2.05, 4.69) is 27.1 Å². The van der Waals surface area contributed by atoms with Crippen molar-refractivity contribution in [2.45, 2.75) is 148 Å². The van der Waals surface area contributed by atoms with Gasteiger partial charge >= 0.3 is 0 Å². The van der Waals surface area contributed by atoms with Gasteiger partial charge in [0.2, 0.25) is 11.8 Å². The predicted molar refractivity (Wildman–Crippen MR) is 197 cm³/mol. The minimum absolute atomic E-state index is 0.558. The molecular formula is C35H58N2O18P2-2. The number of hydrogen-bond donors (Lipinski definition) is 6. The van der Waals surface area contributed by atoms with E-state index >= 15 is 0 Å². The van der Waals surface area contributed by atoms with Gasteiger partial charge in [0.05, 0.1) is 19.8 Å². The molecule has 0 spiro atoms. The highest BCUT2D eigenvalue weighted by Gasteiger charge is 2.54. The molecule has 13 unspecified atom stereocenters. The molecule has 0 aromatic carbocycles. The third-order valence-corrected chi connectivity index (χ3v) is 11.4. The molecule has 0 aromatic rings. The number of rotatable bonds is 22. The smallest absolute Gasteiger partial charge is 0.276 e. The molecule has 2 amide bonds. The maximum Gasteiger partial charge on any atom is 0.276 e. The van der Waals surface area contributed by atoms with Crippen LogP contribution in [0.1, 0.15) is 81.1 Å². The second-order valence-corrected chi connectivity index (χ2v) is 17.1. The topological polar surface area (TPSA) is 301 Å². The lowest BCUT2D eigenvalue weighted by Gasteiger charge is -2.50. The van der Waals surface area contributed by atoms with Crippen LogP contribution >= 0.6 is 15.6 Å². The van der Waals surface area contributed by atoms with Crippen molar-refractivity contribution in [3.8, 4) is 0 Å². The fourth-order valence-electron chi connectivity index (χ4n) is 5.83. The molecule has 0 radical (unpaired) electrons. The maximum atomic E-state index is 13.1. The molecule has 2 heterocycles. The summed E-state index contributed by atoms with van der Waals surface area (Å²) in [6, 6.07) is -3.28. The van der Waals surface area contributed by atoms with E-state index in [0.29, 0.717) is 12.8 Å². The molecule has 13 atom stereocenters. The van der Waals surface area contributed by atoms with Gasteiger partial charge in [0.1, 0.15) is 54.8 Å². The van der Waals surface area contributed by atoms with Gasteiger partial charge in [0.15, 0.2) is 18.4 Å². The molecule has 2 fully saturated rings. The Morgan fingerprint density at radius 3 is 1.84 bits per heavy atom.